The lowest BCUT2D eigenvalue weighted by molar-refractivity contribution is 1.34. The second-order valence-electron chi connectivity index (χ2n) is 13.4. The molecule has 0 aliphatic carbocycles. The van der Waals surface area contributed by atoms with Gasteiger partial charge in [0.25, 0.3) is 13.4 Å². The van der Waals surface area contributed by atoms with Crippen LogP contribution in [0.25, 0.3) is 0 Å². The third-order valence-corrected chi connectivity index (χ3v) is 10.5. The normalized spacial score (nSPS) is 11.3. The molecule has 43 heavy (non-hydrogen) atoms. The van der Waals surface area contributed by atoms with Crippen LogP contribution in [0.4, 0.5) is 0 Å². The van der Waals surface area contributed by atoms with E-state index < -0.39 is 0 Å². The lowest BCUT2D eigenvalue weighted by Crippen LogP contribution is -2.56. The van der Waals surface area contributed by atoms with Gasteiger partial charge in [-0.15, -0.1) is 0 Å². The van der Waals surface area contributed by atoms with Gasteiger partial charge in [0.15, 0.2) is 0 Å². The molecule has 1 heterocycles. The van der Waals surface area contributed by atoms with Gasteiger partial charge in [-0.3, -0.25) is 0 Å². The standard InChI is InChI=1S/C40H46B2S/c1-23-15-27(5)37(28(6)16-23)41(38-29(7)17-24(2)18-30(38)8)35-13-14-36(43-35)42(39-31(9)19-25(3)20-32(39)10)40-33(11)21-26(4)22-34(40)12/h13-22H,1-12H3. The summed E-state index contributed by atoms with van der Waals surface area (Å²) < 4.78 is 2.85. The molecule has 0 radical (unpaired) electrons. The Hall–Kier alpha value is -3.29. The average molecular weight is 580 g/mol. The molecule has 0 spiro atoms. The summed E-state index contributed by atoms with van der Waals surface area (Å²) in [5, 5.41) is 0. The Balaban J connectivity index is 1.81. The van der Waals surface area contributed by atoms with Gasteiger partial charge in [-0.25, -0.2) is 0 Å². The number of rotatable bonds is 6. The van der Waals surface area contributed by atoms with E-state index in [-0.39, 0.29) is 13.4 Å². The zero-order chi connectivity index (χ0) is 31.3. The first-order valence-electron chi connectivity index (χ1n) is 15.7. The van der Waals surface area contributed by atoms with Crippen LogP contribution in [0.5, 0.6) is 0 Å². The van der Waals surface area contributed by atoms with Crippen molar-refractivity contribution in [3.8, 4) is 0 Å². The molecule has 0 bridgehead atoms. The SMILES string of the molecule is Cc1cc(C)c(B(c2ccc(B(c3c(C)cc(C)cc3C)c3c(C)cc(C)cc3C)s2)c2c(C)cc(C)cc2C)c(C)c1. The minimum atomic E-state index is 0.195. The van der Waals surface area contributed by atoms with Gasteiger partial charge in [-0.1, -0.05) is 149 Å². The molecule has 218 valence electrons. The molecule has 0 N–H and O–H groups in total. The molecule has 0 unspecified atom stereocenters. The van der Waals surface area contributed by atoms with Gasteiger partial charge in [0.1, 0.15) is 0 Å². The Morgan fingerprint density at radius 2 is 0.512 bits per heavy atom. The zero-order valence-corrected chi connectivity index (χ0v) is 29.2. The van der Waals surface area contributed by atoms with E-state index in [2.05, 4.69) is 144 Å². The maximum atomic E-state index is 2.44. The van der Waals surface area contributed by atoms with Gasteiger partial charge < -0.3 is 0 Å². The van der Waals surface area contributed by atoms with E-state index in [4.69, 9.17) is 0 Å². The van der Waals surface area contributed by atoms with Crippen LogP contribution in [-0.2, 0) is 0 Å². The smallest absolute Gasteiger partial charge is 0.163 e. The van der Waals surface area contributed by atoms with E-state index in [0.717, 1.165) is 0 Å². The molecular formula is C40H46B2S. The van der Waals surface area contributed by atoms with Crippen molar-refractivity contribution in [2.75, 3.05) is 0 Å². The van der Waals surface area contributed by atoms with Crippen LogP contribution >= 0.6 is 11.3 Å². The van der Waals surface area contributed by atoms with Crippen molar-refractivity contribution in [2.45, 2.75) is 83.1 Å². The van der Waals surface area contributed by atoms with Crippen LogP contribution in [0.2, 0.25) is 0 Å². The summed E-state index contributed by atoms with van der Waals surface area (Å²) in [6.07, 6.45) is 0. The topological polar surface area (TPSA) is 0 Å². The highest BCUT2D eigenvalue weighted by Crippen LogP contribution is 2.17. The van der Waals surface area contributed by atoms with Crippen molar-refractivity contribution in [3.05, 3.63) is 127 Å². The summed E-state index contributed by atoms with van der Waals surface area (Å²) in [4.78, 5) is 0. The molecule has 1 aromatic heterocycles. The summed E-state index contributed by atoms with van der Waals surface area (Å²) in [6.45, 7) is 27.7. The van der Waals surface area contributed by atoms with Crippen molar-refractivity contribution in [1.82, 2.24) is 0 Å². The fourth-order valence-electron chi connectivity index (χ4n) is 8.12. The van der Waals surface area contributed by atoms with Crippen LogP contribution in [0.15, 0.2) is 60.7 Å². The Bertz CT molecular complexity index is 1510. The predicted octanol–water partition coefficient (Wildman–Crippen LogP) is 6.48. The fraction of sp³-hybridized carbons (Fsp3) is 0.300. The number of hydrogen-bond acceptors (Lipinski definition) is 1. The highest BCUT2D eigenvalue weighted by Gasteiger charge is 2.34. The summed E-state index contributed by atoms with van der Waals surface area (Å²) in [5.41, 5.74) is 22.2. The molecule has 5 aromatic rings. The second-order valence-corrected chi connectivity index (χ2v) is 14.5. The lowest BCUT2D eigenvalue weighted by atomic mass is 9.36. The van der Waals surface area contributed by atoms with E-state index >= 15 is 0 Å². The summed E-state index contributed by atoms with van der Waals surface area (Å²) >= 11 is 2.01. The Morgan fingerprint density at radius 1 is 0.326 bits per heavy atom. The second kappa shape index (κ2) is 12.0. The van der Waals surface area contributed by atoms with Crippen molar-refractivity contribution in [2.24, 2.45) is 0 Å². The highest BCUT2D eigenvalue weighted by atomic mass is 32.1. The van der Waals surface area contributed by atoms with Gasteiger partial charge in [-0.2, -0.15) is 11.3 Å². The van der Waals surface area contributed by atoms with Crippen LogP contribution in [0.3, 0.4) is 0 Å². The molecule has 0 fully saturated rings. The molecule has 0 nitrogen and oxygen atoms in total. The molecule has 0 aliphatic rings. The van der Waals surface area contributed by atoms with Crippen LogP contribution < -0.4 is 31.4 Å². The van der Waals surface area contributed by atoms with E-state index in [9.17, 15) is 0 Å². The third-order valence-electron chi connectivity index (χ3n) is 9.32. The number of benzene rings is 4. The van der Waals surface area contributed by atoms with Gasteiger partial charge in [0.2, 0.25) is 0 Å². The average Bonchev–Trinajstić information content (AvgIpc) is 3.34. The van der Waals surface area contributed by atoms with Gasteiger partial charge >= 0.3 is 0 Å². The molecule has 0 atom stereocenters. The zero-order valence-electron chi connectivity index (χ0n) is 28.3. The van der Waals surface area contributed by atoms with E-state index in [0.29, 0.717) is 0 Å². The highest BCUT2D eigenvalue weighted by molar-refractivity contribution is 7.36. The predicted molar refractivity (Wildman–Crippen MR) is 196 cm³/mol. The van der Waals surface area contributed by atoms with Gasteiger partial charge in [0, 0.05) is 0 Å². The summed E-state index contributed by atoms with van der Waals surface area (Å²) in [6, 6.07) is 23.8. The molecule has 0 saturated heterocycles. The Labute approximate surface area is 265 Å². The van der Waals surface area contributed by atoms with Crippen molar-refractivity contribution >= 4 is 56.2 Å². The van der Waals surface area contributed by atoms with Crippen molar-refractivity contribution in [3.63, 3.8) is 0 Å². The van der Waals surface area contributed by atoms with Crippen molar-refractivity contribution in [1.29, 1.82) is 0 Å². The minimum absolute atomic E-state index is 0.195. The molecule has 0 amide bonds. The molecular weight excluding hydrogens is 534 g/mol. The van der Waals surface area contributed by atoms with E-state index in [1.54, 1.807) is 0 Å². The molecule has 3 heteroatoms. The monoisotopic (exact) mass is 580 g/mol. The lowest BCUT2D eigenvalue weighted by Gasteiger charge is -2.24. The largest absolute Gasteiger partial charge is 0.254 e. The van der Waals surface area contributed by atoms with Gasteiger partial charge in [-0.05, 0) is 92.6 Å². The first-order chi connectivity index (χ1) is 20.3. The summed E-state index contributed by atoms with van der Waals surface area (Å²) in [5.74, 6) is 0. The molecule has 4 aromatic carbocycles. The minimum Gasteiger partial charge on any atom is -0.163 e. The van der Waals surface area contributed by atoms with Crippen LogP contribution in [0, 0.1) is 83.1 Å². The van der Waals surface area contributed by atoms with Crippen molar-refractivity contribution < 1.29 is 0 Å². The third kappa shape index (κ3) is 5.94. The summed E-state index contributed by atoms with van der Waals surface area (Å²) in [7, 11) is 0. The van der Waals surface area contributed by atoms with Crippen LogP contribution in [-0.4, -0.2) is 13.4 Å². The fourth-order valence-corrected chi connectivity index (χ4v) is 9.37. The molecule has 0 saturated carbocycles. The molecule has 5 rings (SSSR count). The maximum absolute atomic E-state index is 2.44. The van der Waals surface area contributed by atoms with Gasteiger partial charge in [0.05, 0.1) is 0 Å². The van der Waals surface area contributed by atoms with E-state index in [1.807, 2.05) is 11.3 Å². The maximum Gasteiger partial charge on any atom is 0.254 e. The van der Waals surface area contributed by atoms with E-state index in [1.165, 1.54) is 98.2 Å². The molecule has 0 aliphatic heterocycles. The Kier molecular flexibility index (Phi) is 8.70. The number of aryl methyl sites for hydroxylation is 12. The first-order valence-corrected chi connectivity index (χ1v) is 16.5. The number of thiophene rings is 1. The number of hydrogen-bond donors (Lipinski definition) is 0. The quantitative estimate of drug-likeness (QED) is 0.202. The first kappa shape index (κ1) is 31.1. The van der Waals surface area contributed by atoms with Crippen LogP contribution in [0.1, 0.15) is 66.8 Å². The Morgan fingerprint density at radius 3 is 0.698 bits per heavy atom.